The van der Waals surface area contributed by atoms with Crippen molar-refractivity contribution < 1.29 is 9.21 Å². The van der Waals surface area contributed by atoms with Crippen LogP contribution in [0.5, 0.6) is 0 Å². The lowest BCUT2D eigenvalue weighted by Crippen LogP contribution is -2.44. The summed E-state index contributed by atoms with van der Waals surface area (Å²) in [5.74, 6) is 0.446. The van der Waals surface area contributed by atoms with E-state index < -0.39 is 0 Å². The van der Waals surface area contributed by atoms with Crippen molar-refractivity contribution in [1.29, 1.82) is 0 Å². The summed E-state index contributed by atoms with van der Waals surface area (Å²) in [5.41, 5.74) is 0.989. The Morgan fingerprint density at radius 3 is 3.15 bits per heavy atom. The summed E-state index contributed by atoms with van der Waals surface area (Å²) in [6.45, 7) is 0.996. The SMILES string of the molecule is O=C(NC1CC2CC1CN2)c1cnc(Cl)c2occc12. The van der Waals surface area contributed by atoms with Gasteiger partial charge in [0.05, 0.1) is 11.8 Å². The molecule has 1 aliphatic carbocycles. The third-order valence-corrected chi connectivity index (χ3v) is 4.64. The van der Waals surface area contributed by atoms with Gasteiger partial charge in [-0.05, 0) is 24.8 Å². The van der Waals surface area contributed by atoms with Crippen LogP contribution in [0.3, 0.4) is 0 Å². The zero-order valence-electron chi connectivity index (χ0n) is 10.7. The topological polar surface area (TPSA) is 67.2 Å². The van der Waals surface area contributed by atoms with E-state index in [0.717, 1.165) is 19.4 Å². The fourth-order valence-electron chi connectivity index (χ4n) is 3.37. The van der Waals surface area contributed by atoms with E-state index in [-0.39, 0.29) is 17.1 Å². The van der Waals surface area contributed by atoms with Crippen molar-refractivity contribution in [2.75, 3.05) is 6.54 Å². The average molecular weight is 292 g/mol. The van der Waals surface area contributed by atoms with E-state index in [9.17, 15) is 4.79 Å². The maximum absolute atomic E-state index is 12.4. The van der Waals surface area contributed by atoms with Gasteiger partial charge in [-0.2, -0.15) is 0 Å². The summed E-state index contributed by atoms with van der Waals surface area (Å²) in [6.07, 6.45) is 5.20. The second-order valence-electron chi connectivity index (χ2n) is 5.54. The highest BCUT2D eigenvalue weighted by molar-refractivity contribution is 6.34. The minimum absolute atomic E-state index is 0.0990. The smallest absolute Gasteiger partial charge is 0.253 e. The molecule has 2 aromatic rings. The maximum Gasteiger partial charge on any atom is 0.253 e. The van der Waals surface area contributed by atoms with Gasteiger partial charge in [0, 0.05) is 30.2 Å². The van der Waals surface area contributed by atoms with Gasteiger partial charge in [-0.25, -0.2) is 4.98 Å². The molecule has 5 nitrogen and oxygen atoms in total. The third kappa shape index (κ3) is 1.81. The lowest BCUT2D eigenvalue weighted by Gasteiger charge is -2.23. The van der Waals surface area contributed by atoms with Crippen LogP contribution in [-0.4, -0.2) is 29.5 Å². The zero-order valence-corrected chi connectivity index (χ0v) is 11.5. The molecule has 0 aromatic carbocycles. The summed E-state index contributed by atoms with van der Waals surface area (Å²) in [4.78, 5) is 16.5. The lowest BCUT2D eigenvalue weighted by atomic mass is 10.0. The van der Waals surface area contributed by atoms with Crippen molar-refractivity contribution in [2.45, 2.75) is 24.9 Å². The van der Waals surface area contributed by atoms with Crippen LogP contribution in [0.15, 0.2) is 22.9 Å². The maximum atomic E-state index is 12.4. The highest BCUT2D eigenvalue weighted by Gasteiger charge is 2.40. The molecule has 20 heavy (non-hydrogen) atoms. The number of furan rings is 1. The number of aromatic nitrogens is 1. The number of pyridine rings is 1. The molecule has 104 valence electrons. The molecule has 2 fully saturated rings. The quantitative estimate of drug-likeness (QED) is 0.830. The zero-order chi connectivity index (χ0) is 13.7. The molecule has 6 heteroatoms. The van der Waals surface area contributed by atoms with Crippen molar-refractivity contribution in [3.63, 3.8) is 0 Å². The van der Waals surface area contributed by atoms with Gasteiger partial charge in [0.15, 0.2) is 10.7 Å². The number of fused-ring (bicyclic) bond motifs is 3. The predicted molar refractivity (Wildman–Crippen MR) is 74.8 cm³/mol. The molecule has 1 saturated carbocycles. The van der Waals surface area contributed by atoms with Crippen LogP contribution in [0.25, 0.3) is 11.0 Å². The van der Waals surface area contributed by atoms with Crippen molar-refractivity contribution in [1.82, 2.24) is 15.6 Å². The van der Waals surface area contributed by atoms with E-state index in [1.165, 1.54) is 12.5 Å². The standard InChI is InChI=1S/C14H14ClN3O2/c15-13-12-9(1-2-20-12)10(6-17-13)14(19)18-11-4-8-3-7(11)5-16-8/h1-2,6-8,11,16H,3-5H2,(H,18,19). The summed E-state index contributed by atoms with van der Waals surface area (Å²) in [5, 5.41) is 7.56. The number of nitrogens with one attached hydrogen (secondary N) is 2. The monoisotopic (exact) mass is 291 g/mol. The molecule has 0 radical (unpaired) electrons. The largest absolute Gasteiger partial charge is 0.461 e. The van der Waals surface area contributed by atoms with Gasteiger partial charge in [-0.15, -0.1) is 0 Å². The third-order valence-electron chi connectivity index (χ3n) is 4.37. The van der Waals surface area contributed by atoms with Gasteiger partial charge >= 0.3 is 0 Å². The average Bonchev–Trinajstić information content (AvgIpc) is 3.14. The van der Waals surface area contributed by atoms with E-state index in [1.54, 1.807) is 6.07 Å². The molecular formula is C14H14ClN3O2. The van der Waals surface area contributed by atoms with Gasteiger partial charge in [-0.3, -0.25) is 4.79 Å². The predicted octanol–water partition coefficient (Wildman–Crippen LogP) is 1.96. The number of nitrogens with zero attached hydrogens (tertiary/aromatic N) is 1. The molecule has 4 rings (SSSR count). The van der Waals surface area contributed by atoms with E-state index >= 15 is 0 Å². The van der Waals surface area contributed by atoms with Gasteiger partial charge in [0.2, 0.25) is 0 Å². The molecule has 2 aromatic heterocycles. The number of hydrogen-bond acceptors (Lipinski definition) is 4. The molecule has 1 aliphatic heterocycles. The summed E-state index contributed by atoms with van der Waals surface area (Å²) >= 11 is 5.95. The second kappa shape index (κ2) is 4.46. The first-order valence-corrected chi connectivity index (χ1v) is 7.16. The Morgan fingerprint density at radius 2 is 2.40 bits per heavy atom. The number of carbonyl (C=O) groups excluding carboxylic acids is 1. The molecule has 1 saturated heterocycles. The number of piperidine rings is 1. The Bertz CT molecular complexity index is 684. The Kier molecular flexibility index (Phi) is 2.72. The summed E-state index contributed by atoms with van der Waals surface area (Å²) in [7, 11) is 0. The highest BCUT2D eigenvalue weighted by Crippen LogP contribution is 2.32. The number of rotatable bonds is 2. The normalized spacial score (nSPS) is 28.1. The lowest BCUT2D eigenvalue weighted by molar-refractivity contribution is 0.0926. The first-order valence-electron chi connectivity index (χ1n) is 6.78. The van der Waals surface area contributed by atoms with Crippen LogP contribution in [0, 0.1) is 5.92 Å². The Morgan fingerprint density at radius 1 is 1.50 bits per heavy atom. The number of carbonyl (C=O) groups is 1. The van der Waals surface area contributed by atoms with Crippen LogP contribution in [0.4, 0.5) is 0 Å². The highest BCUT2D eigenvalue weighted by atomic mass is 35.5. The molecule has 3 unspecified atom stereocenters. The Labute approximate surface area is 120 Å². The number of hydrogen-bond donors (Lipinski definition) is 2. The second-order valence-corrected chi connectivity index (χ2v) is 5.90. The Balaban J connectivity index is 1.61. The molecule has 1 amide bonds. The van der Waals surface area contributed by atoms with E-state index in [2.05, 4.69) is 15.6 Å². The summed E-state index contributed by atoms with van der Waals surface area (Å²) < 4.78 is 5.27. The Hall–Kier alpha value is -1.59. The van der Waals surface area contributed by atoms with Gasteiger partial charge in [0.25, 0.3) is 5.91 Å². The van der Waals surface area contributed by atoms with Crippen molar-refractivity contribution in [3.05, 3.63) is 29.2 Å². The van der Waals surface area contributed by atoms with E-state index in [1.807, 2.05) is 0 Å². The van der Waals surface area contributed by atoms with Crippen molar-refractivity contribution in [2.24, 2.45) is 5.92 Å². The molecule has 2 bridgehead atoms. The van der Waals surface area contributed by atoms with Crippen LogP contribution < -0.4 is 10.6 Å². The van der Waals surface area contributed by atoms with Crippen molar-refractivity contribution in [3.8, 4) is 0 Å². The minimum Gasteiger partial charge on any atom is -0.461 e. The van der Waals surface area contributed by atoms with E-state index in [0.29, 0.717) is 28.5 Å². The molecule has 3 atom stereocenters. The van der Waals surface area contributed by atoms with Crippen LogP contribution in [-0.2, 0) is 0 Å². The van der Waals surface area contributed by atoms with Crippen LogP contribution in [0.2, 0.25) is 5.15 Å². The van der Waals surface area contributed by atoms with Gasteiger partial charge in [0.1, 0.15) is 0 Å². The van der Waals surface area contributed by atoms with Crippen LogP contribution >= 0.6 is 11.6 Å². The first kappa shape index (κ1) is 12.2. The molecular weight excluding hydrogens is 278 g/mol. The molecule has 0 spiro atoms. The van der Waals surface area contributed by atoms with Gasteiger partial charge < -0.3 is 15.1 Å². The van der Waals surface area contributed by atoms with Crippen molar-refractivity contribution >= 4 is 28.5 Å². The minimum atomic E-state index is -0.0990. The number of halogens is 1. The fourth-order valence-corrected chi connectivity index (χ4v) is 3.56. The first-order chi connectivity index (χ1) is 9.72. The number of amides is 1. The van der Waals surface area contributed by atoms with Gasteiger partial charge in [-0.1, -0.05) is 11.6 Å². The molecule has 2 N–H and O–H groups in total. The fraction of sp³-hybridized carbons (Fsp3) is 0.429. The summed E-state index contributed by atoms with van der Waals surface area (Å²) in [6, 6.07) is 2.56. The van der Waals surface area contributed by atoms with Crippen LogP contribution in [0.1, 0.15) is 23.2 Å². The van der Waals surface area contributed by atoms with E-state index in [4.69, 9.17) is 16.0 Å². The molecule has 3 heterocycles. The molecule has 2 aliphatic rings.